The Hall–Kier alpha value is -3.26. The molecule has 0 fully saturated rings. The molecule has 0 aliphatic carbocycles. The minimum atomic E-state index is -0.342. The van der Waals surface area contributed by atoms with Gasteiger partial charge in [-0.2, -0.15) is 0 Å². The van der Waals surface area contributed by atoms with Gasteiger partial charge in [-0.25, -0.2) is 9.97 Å². The van der Waals surface area contributed by atoms with Crippen LogP contribution in [-0.4, -0.2) is 45.9 Å². The lowest BCUT2D eigenvalue weighted by atomic mass is 10.1. The van der Waals surface area contributed by atoms with Gasteiger partial charge < -0.3 is 15.0 Å². The van der Waals surface area contributed by atoms with Gasteiger partial charge in [0.2, 0.25) is 5.88 Å². The lowest BCUT2D eigenvalue weighted by Crippen LogP contribution is -2.48. The topological polar surface area (TPSA) is 84.4 Å². The molecular weight excluding hydrogens is 376 g/mol. The van der Waals surface area contributed by atoms with Crippen LogP contribution in [0.3, 0.4) is 0 Å². The molecule has 1 N–H and O–H groups in total. The molecule has 0 saturated carbocycles. The Morgan fingerprint density at radius 3 is 2.89 bits per heavy atom. The summed E-state index contributed by atoms with van der Waals surface area (Å²) in [7, 11) is 0. The van der Waals surface area contributed by atoms with E-state index in [4.69, 9.17) is 4.74 Å². The molecule has 0 radical (unpaired) electrons. The number of hydrogen-bond donors (Lipinski definition) is 1. The van der Waals surface area contributed by atoms with Crippen molar-refractivity contribution in [1.29, 1.82) is 0 Å². The van der Waals surface area contributed by atoms with E-state index in [9.17, 15) is 9.59 Å². The number of nitrogens with one attached hydrogen (secondary N) is 1. The maximum Gasteiger partial charge on any atom is 0.261 e. The highest BCUT2D eigenvalue weighted by atomic mass is 32.1. The van der Waals surface area contributed by atoms with Gasteiger partial charge in [0.1, 0.15) is 18.5 Å². The SMILES string of the molecule is O=C(NCC1COc2ncncc2C(=O)N1Cc1ccccc1)c1cccs1. The van der Waals surface area contributed by atoms with E-state index in [1.165, 1.54) is 23.9 Å². The first kappa shape index (κ1) is 18.1. The van der Waals surface area contributed by atoms with Crippen LogP contribution in [0.5, 0.6) is 5.88 Å². The van der Waals surface area contributed by atoms with Gasteiger partial charge in [0.25, 0.3) is 11.8 Å². The number of aromatic nitrogens is 2. The van der Waals surface area contributed by atoms with Crippen LogP contribution in [0.15, 0.2) is 60.4 Å². The second-order valence-corrected chi connectivity index (χ2v) is 7.26. The standard InChI is InChI=1S/C20H18N4O3S/c25-18(17-7-4-8-28-17)22-9-15-12-27-19-16(10-21-13-23-19)20(26)24(15)11-14-5-2-1-3-6-14/h1-8,10,13,15H,9,11-12H2,(H,22,25). The van der Waals surface area contributed by atoms with Crippen LogP contribution in [0.4, 0.5) is 0 Å². The van der Waals surface area contributed by atoms with Crippen LogP contribution in [0, 0.1) is 0 Å². The first-order valence-electron chi connectivity index (χ1n) is 8.82. The zero-order valence-electron chi connectivity index (χ0n) is 14.9. The summed E-state index contributed by atoms with van der Waals surface area (Å²) >= 11 is 1.37. The molecule has 2 aromatic heterocycles. The molecule has 0 bridgehead atoms. The first-order valence-corrected chi connectivity index (χ1v) is 9.70. The highest BCUT2D eigenvalue weighted by Gasteiger charge is 2.32. The number of amides is 2. The van der Waals surface area contributed by atoms with Gasteiger partial charge >= 0.3 is 0 Å². The van der Waals surface area contributed by atoms with Gasteiger partial charge in [-0.3, -0.25) is 9.59 Å². The Balaban J connectivity index is 1.57. The van der Waals surface area contributed by atoms with Crippen molar-refractivity contribution in [3.8, 4) is 5.88 Å². The third-order valence-electron chi connectivity index (χ3n) is 4.46. The van der Waals surface area contributed by atoms with Crippen LogP contribution in [0.1, 0.15) is 25.6 Å². The number of ether oxygens (including phenoxy) is 1. The van der Waals surface area contributed by atoms with Gasteiger partial charge in [-0.1, -0.05) is 36.4 Å². The van der Waals surface area contributed by atoms with E-state index in [1.54, 1.807) is 11.0 Å². The van der Waals surface area contributed by atoms with Crippen molar-refractivity contribution < 1.29 is 14.3 Å². The summed E-state index contributed by atoms with van der Waals surface area (Å²) in [6.45, 7) is 0.904. The molecule has 3 heterocycles. The summed E-state index contributed by atoms with van der Waals surface area (Å²) in [4.78, 5) is 35.9. The zero-order valence-corrected chi connectivity index (χ0v) is 15.8. The van der Waals surface area contributed by atoms with Crippen molar-refractivity contribution >= 4 is 23.2 Å². The third-order valence-corrected chi connectivity index (χ3v) is 5.33. The fourth-order valence-electron chi connectivity index (χ4n) is 3.02. The number of nitrogens with zero attached hydrogens (tertiary/aromatic N) is 3. The lowest BCUT2D eigenvalue weighted by molar-refractivity contribution is 0.0622. The zero-order chi connectivity index (χ0) is 19.3. The molecule has 0 saturated heterocycles. The van der Waals surface area contributed by atoms with E-state index in [1.807, 2.05) is 41.8 Å². The molecule has 8 heteroatoms. The smallest absolute Gasteiger partial charge is 0.261 e. The van der Waals surface area contributed by atoms with Gasteiger partial charge in [-0.15, -0.1) is 11.3 Å². The molecule has 2 amide bonds. The molecule has 1 atom stereocenters. The maximum absolute atomic E-state index is 13.2. The molecule has 4 rings (SSSR count). The average molecular weight is 394 g/mol. The minimum Gasteiger partial charge on any atom is -0.475 e. The summed E-state index contributed by atoms with van der Waals surface area (Å²) in [5, 5.41) is 4.76. The normalized spacial score (nSPS) is 16.1. The predicted octanol–water partition coefficient (Wildman–Crippen LogP) is 2.37. The summed E-state index contributed by atoms with van der Waals surface area (Å²) in [6.07, 6.45) is 2.82. The number of thiophene rings is 1. The second-order valence-electron chi connectivity index (χ2n) is 6.31. The van der Waals surface area contributed by atoms with Crippen molar-refractivity contribution in [3.05, 3.63) is 76.4 Å². The predicted molar refractivity (Wildman–Crippen MR) is 104 cm³/mol. The van der Waals surface area contributed by atoms with Crippen LogP contribution >= 0.6 is 11.3 Å². The number of fused-ring (bicyclic) bond motifs is 1. The van der Waals surface area contributed by atoms with Gasteiger partial charge in [0.05, 0.1) is 10.9 Å². The molecule has 0 spiro atoms. The van der Waals surface area contributed by atoms with Gasteiger partial charge in [-0.05, 0) is 17.0 Å². The maximum atomic E-state index is 13.2. The van der Waals surface area contributed by atoms with Crippen molar-refractivity contribution in [3.63, 3.8) is 0 Å². The van der Waals surface area contributed by atoms with E-state index in [-0.39, 0.29) is 36.9 Å². The number of carbonyl (C=O) groups excluding carboxylic acids is 2. The van der Waals surface area contributed by atoms with Crippen molar-refractivity contribution in [1.82, 2.24) is 20.2 Å². The highest BCUT2D eigenvalue weighted by molar-refractivity contribution is 7.12. The number of carbonyl (C=O) groups is 2. The molecule has 28 heavy (non-hydrogen) atoms. The van der Waals surface area contributed by atoms with Crippen molar-refractivity contribution in [2.75, 3.05) is 13.2 Å². The molecule has 7 nitrogen and oxygen atoms in total. The Morgan fingerprint density at radius 1 is 1.25 bits per heavy atom. The largest absolute Gasteiger partial charge is 0.475 e. The second kappa shape index (κ2) is 8.18. The molecule has 1 aliphatic heterocycles. The van der Waals surface area contributed by atoms with E-state index in [0.29, 0.717) is 17.0 Å². The Bertz CT molecular complexity index is 963. The van der Waals surface area contributed by atoms with Crippen LogP contribution in [0.2, 0.25) is 0 Å². The van der Waals surface area contributed by atoms with E-state index in [0.717, 1.165) is 5.56 Å². The van der Waals surface area contributed by atoms with Gasteiger partial charge in [0.15, 0.2) is 0 Å². The van der Waals surface area contributed by atoms with Gasteiger partial charge in [0, 0.05) is 19.3 Å². The quantitative estimate of drug-likeness (QED) is 0.718. The van der Waals surface area contributed by atoms with E-state index < -0.39 is 0 Å². The summed E-state index contributed by atoms with van der Waals surface area (Å²) in [5.74, 6) is -0.110. The third kappa shape index (κ3) is 3.86. The van der Waals surface area contributed by atoms with E-state index in [2.05, 4.69) is 15.3 Å². The molecule has 1 unspecified atom stereocenters. The monoisotopic (exact) mass is 394 g/mol. The molecule has 3 aromatic rings. The molecular formula is C20H18N4O3S. The van der Waals surface area contributed by atoms with Crippen LogP contribution in [0.25, 0.3) is 0 Å². The number of rotatable bonds is 5. The lowest BCUT2D eigenvalue weighted by Gasteiger charge is -2.29. The van der Waals surface area contributed by atoms with Crippen LogP contribution < -0.4 is 10.1 Å². The fourth-order valence-corrected chi connectivity index (χ4v) is 3.66. The molecule has 1 aromatic carbocycles. The van der Waals surface area contributed by atoms with Crippen LogP contribution in [-0.2, 0) is 6.54 Å². The van der Waals surface area contributed by atoms with Crippen molar-refractivity contribution in [2.24, 2.45) is 0 Å². The number of hydrogen-bond acceptors (Lipinski definition) is 6. The summed E-state index contributed by atoms with van der Waals surface area (Å²) < 4.78 is 5.76. The Kier molecular flexibility index (Phi) is 5.29. The Morgan fingerprint density at radius 2 is 2.11 bits per heavy atom. The number of benzene rings is 1. The van der Waals surface area contributed by atoms with Crippen molar-refractivity contribution in [2.45, 2.75) is 12.6 Å². The molecule has 1 aliphatic rings. The van der Waals surface area contributed by atoms with E-state index >= 15 is 0 Å². The first-order chi connectivity index (χ1) is 13.7. The summed E-state index contributed by atoms with van der Waals surface area (Å²) in [6, 6.07) is 13.0. The highest BCUT2D eigenvalue weighted by Crippen LogP contribution is 2.23. The average Bonchev–Trinajstić information content (AvgIpc) is 3.24. The Labute approximate surface area is 166 Å². The summed E-state index contributed by atoms with van der Waals surface area (Å²) in [5.41, 5.74) is 1.32. The fraction of sp³-hybridized carbons (Fsp3) is 0.200. The molecule has 142 valence electrons. The minimum absolute atomic E-state index is 0.163.